The van der Waals surface area contributed by atoms with E-state index >= 15 is 0 Å². The molecule has 0 bridgehead atoms. The number of hydrogen-bond donors (Lipinski definition) is 3. The molecule has 16 heavy (non-hydrogen) atoms. The highest BCUT2D eigenvalue weighted by molar-refractivity contribution is 5.73. The molecule has 0 saturated carbocycles. The minimum atomic E-state index is -2.74. The Labute approximate surface area is 92.0 Å². The van der Waals surface area contributed by atoms with Crippen molar-refractivity contribution in [2.75, 3.05) is 13.6 Å². The van der Waals surface area contributed by atoms with Crippen molar-refractivity contribution in [1.29, 1.82) is 0 Å². The van der Waals surface area contributed by atoms with Crippen LogP contribution in [0.2, 0.25) is 0 Å². The molecular formula is C9H16F2N2O3. The van der Waals surface area contributed by atoms with E-state index in [9.17, 15) is 23.8 Å². The van der Waals surface area contributed by atoms with Crippen LogP contribution in [0.25, 0.3) is 0 Å². The number of halogens is 2. The third-order valence-electron chi connectivity index (χ3n) is 2.75. The van der Waals surface area contributed by atoms with Crippen molar-refractivity contribution in [3.8, 4) is 0 Å². The minimum Gasteiger partial charge on any atom is -0.388 e. The Morgan fingerprint density at radius 2 is 2.00 bits per heavy atom. The van der Waals surface area contributed by atoms with Crippen molar-refractivity contribution >= 4 is 5.91 Å². The van der Waals surface area contributed by atoms with E-state index < -0.39 is 30.7 Å². The quantitative estimate of drug-likeness (QED) is 0.564. The molecule has 0 spiro atoms. The molecule has 0 aliphatic carbocycles. The lowest BCUT2D eigenvalue weighted by Crippen LogP contribution is -2.66. The fourth-order valence-corrected chi connectivity index (χ4v) is 1.97. The molecule has 1 rings (SSSR count). The van der Waals surface area contributed by atoms with E-state index in [1.807, 2.05) is 0 Å². The molecule has 1 saturated heterocycles. The summed E-state index contributed by atoms with van der Waals surface area (Å²) in [5.41, 5.74) is 0. The molecule has 5 nitrogen and oxygen atoms in total. The predicted octanol–water partition coefficient (Wildman–Crippen LogP) is -1.21. The fraction of sp³-hybridized carbons (Fsp3) is 0.889. The lowest BCUT2D eigenvalue weighted by molar-refractivity contribution is -0.136. The second kappa shape index (κ2) is 5.03. The van der Waals surface area contributed by atoms with Gasteiger partial charge in [0.05, 0.1) is 12.1 Å². The van der Waals surface area contributed by atoms with Crippen LogP contribution < -0.4 is 5.32 Å². The van der Waals surface area contributed by atoms with Crippen LogP contribution >= 0.6 is 0 Å². The average Bonchev–Trinajstić information content (AvgIpc) is 2.12. The minimum absolute atomic E-state index is 0.0762. The summed E-state index contributed by atoms with van der Waals surface area (Å²) in [6, 6.07) is -2.13. The first-order valence-corrected chi connectivity index (χ1v) is 4.96. The summed E-state index contributed by atoms with van der Waals surface area (Å²) < 4.78 is 25.2. The topological polar surface area (TPSA) is 72.8 Å². The number of likely N-dealkylation sites (N-methyl/N-ethyl adjacent to an activating group) is 1. The number of aliphatic hydroxyl groups excluding tert-OH is 2. The molecule has 0 aromatic heterocycles. The van der Waals surface area contributed by atoms with Crippen LogP contribution in [0.15, 0.2) is 0 Å². The average molecular weight is 238 g/mol. The van der Waals surface area contributed by atoms with Crippen LogP contribution in [0.4, 0.5) is 8.78 Å². The number of alkyl halides is 2. The van der Waals surface area contributed by atoms with Crippen LogP contribution in [0.3, 0.4) is 0 Å². The highest BCUT2D eigenvalue weighted by atomic mass is 19.3. The summed E-state index contributed by atoms with van der Waals surface area (Å²) >= 11 is 0. The van der Waals surface area contributed by atoms with Gasteiger partial charge in [-0.3, -0.25) is 9.69 Å². The van der Waals surface area contributed by atoms with Gasteiger partial charge in [0.1, 0.15) is 12.2 Å². The zero-order valence-electron chi connectivity index (χ0n) is 9.10. The largest absolute Gasteiger partial charge is 0.388 e. The maximum atomic E-state index is 12.6. The van der Waals surface area contributed by atoms with Crippen molar-refractivity contribution in [1.82, 2.24) is 10.2 Å². The van der Waals surface area contributed by atoms with Gasteiger partial charge in [-0.1, -0.05) is 0 Å². The van der Waals surface area contributed by atoms with Gasteiger partial charge in [0.2, 0.25) is 5.91 Å². The number of rotatable bonds is 2. The Bertz CT molecular complexity index is 265. The van der Waals surface area contributed by atoms with Crippen molar-refractivity contribution < 1.29 is 23.8 Å². The van der Waals surface area contributed by atoms with Gasteiger partial charge in [-0.25, -0.2) is 8.78 Å². The van der Waals surface area contributed by atoms with Crippen molar-refractivity contribution in [3.63, 3.8) is 0 Å². The SMILES string of the molecule is CC(=O)N[C@H]1CN(C)C(C(F)F)[C@@H](O)[C@@H]1O. The second-order valence-electron chi connectivity index (χ2n) is 4.05. The lowest BCUT2D eigenvalue weighted by atomic mass is 9.93. The molecule has 94 valence electrons. The van der Waals surface area contributed by atoms with E-state index in [4.69, 9.17) is 0 Å². The number of piperidine rings is 1. The van der Waals surface area contributed by atoms with Gasteiger partial charge in [0.15, 0.2) is 0 Å². The van der Waals surface area contributed by atoms with Crippen LogP contribution in [0, 0.1) is 0 Å². The highest BCUT2D eigenvalue weighted by Crippen LogP contribution is 2.22. The number of nitrogens with zero attached hydrogens (tertiary/aromatic N) is 1. The van der Waals surface area contributed by atoms with Gasteiger partial charge in [-0.2, -0.15) is 0 Å². The summed E-state index contributed by atoms with van der Waals surface area (Å²) in [6.45, 7) is 1.34. The Hall–Kier alpha value is -0.790. The first-order valence-electron chi connectivity index (χ1n) is 4.96. The predicted molar refractivity (Wildman–Crippen MR) is 52.0 cm³/mol. The summed E-state index contributed by atoms with van der Waals surface area (Å²) in [7, 11) is 1.42. The smallest absolute Gasteiger partial charge is 0.256 e. The Balaban J connectivity index is 2.74. The van der Waals surface area contributed by atoms with E-state index in [2.05, 4.69) is 5.32 Å². The monoisotopic (exact) mass is 238 g/mol. The fourth-order valence-electron chi connectivity index (χ4n) is 1.97. The standard InChI is InChI=1S/C9H16F2N2O3/c1-4(14)12-5-3-13(2)6(9(10)11)8(16)7(5)15/h5-9,15-16H,3H2,1-2H3,(H,12,14)/t5-,6?,7+,8+/m0/s1. The molecule has 1 amide bonds. The van der Waals surface area contributed by atoms with Crippen molar-refractivity contribution in [3.05, 3.63) is 0 Å². The van der Waals surface area contributed by atoms with Crippen LogP contribution in [0.1, 0.15) is 6.92 Å². The Kier molecular flexibility index (Phi) is 4.17. The highest BCUT2D eigenvalue weighted by Gasteiger charge is 2.44. The Morgan fingerprint density at radius 3 is 2.44 bits per heavy atom. The second-order valence-corrected chi connectivity index (χ2v) is 4.05. The summed E-state index contributed by atoms with van der Waals surface area (Å²) in [5.74, 6) is -0.375. The number of amides is 1. The molecule has 3 N–H and O–H groups in total. The maximum Gasteiger partial charge on any atom is 0.256 e. The van der Waals surface area contributed by atoms with Gasteiger partial charge < -0.3 is 15.5 Å². The summed E-state index contributed by atoms with van der Waals surface area (Å²) in [5, 5.41) is 21.6. The van der Waals surface area contributed by atoms with Crippen LogP contribution in [0.5, 0.6) is 0 Å². The molecule has 0 aromatic rings. The van der Waals surface area contributed by atoms with Crippen LogP contribution in [-0.4, -0.2) is 65.3 Å². The van der Waals surface area contributed by atoms with Gasteiger partial charge in [0, 0.05) is 13.5 Å². The lowest BCUT2D eigenvalue weighted by Gasteiger charge is -2.43. The van der Waals surface area contributed by atoms with Gasteiger partial charge >= 0.3 is 0 Å². The first-order chi connectivity index (χ1) is 7.34. The molecule has 7 heteroatoms. The zero-order chi connectivity index (χ0) is 12.5. The molecule has 1 heterocycles. The molecule has 1 aliphatic heterocycles. The maximum absolute atomic E-state index is 12.6. The van der Waals surface area contributed by atoms with Crippen molar-refractivity contribution in [2.24, 2.45) is 0 Å². The van der Waals surface area contributed by atoms with E-state index in [1.165, 1.54) is 18.9 Å². The number of carbonyl (C=O) groups is 1. The molecule has 4 atom stereocenters. The number of aliphatic hydroxyl groups is 2. The molecule has 0 aromatic carbocycles. The Morgan fingerprint density at radius 1 is 1.44 bits per heavy atom. The van der Waals surface area contributed by atoms with E-state index in [0.29, 0.717) is 0 Å². The number of nitrogens with one attached hydrogen (secondary N) is 1. The molecule has 1 fully saturated rings. The number of likely N-dealkylation sites (tertiary alicyclic amines) is 1. The number of hydrogen-bond acceptors (Lipinski definition) is 4. The van der Waals surface area contributed by atoms with E-state index in [0.717, 1.165) is 0 Å². The molecule has 0 radical (unpaired) electrons. The van der Waals surface area contributed by atoms with Crippen molar-refractivity contribution in [2.45, 2.75) is 37.6 Å². The van der Waals surface area contributed by atoms with E-state index in [1.54, 1.807) is 0 Å². The summed E-state index contributed by atoms with van der Waals surface area (Å²) in [6.07, 6.45) is -5.69. The normalized spacial score (nSPS) is 36.4. The third-order valence-corrected chi connectivity index (χ3v) is 2.75. The molecule has 1 unspecified atom stereocenters. The molecule has 1 aliphatic rings. The first kappa shape index (κ1) is 13.3. The third kappa shape index (κ3) is 2.66. The van der Waals surface area contributed by atoms with Gasteiger partial charge in [0.25, 0.3) is 6.43 Å². The summed E-state index contributed by atoms with van der Waals surface area (Å²) in [4.78, 5) is 12.1. The molecular weight excluding hydrogens is 222 g/mol. The van der Waals surface area contributed by atoms with Crippen LogP contribution in [-0.2, 0) is 4.79 Å². The number of carbonyl (C=O) groups excluding carboxylic acids is 1. The van der Waals surface area contributed by atoms with Gasteiger partial charge in [-0.05, 0) is 7.05 Å². The zero-order valence-corrected chi connectivity index (χ0v) is 9.10. The van der Waals surface area contributed by atoms with Gasteiger partial charge in [-0.15, -0.1) is 0 Å². The van der Waals surface area contributed by atoms with E-state index in [-0.39, 0.29) is 12.5 Å².